The van der Waals surface area contributed by atoms with Crippen molar-refractivity contribution in [2.45, 2.75) is 38.7 Å². The molecule has 5 rings (SSSR count). The number of H-pyrrole nitrogens is 1. The number of aromatic nitrogens is 2. The van der Waals surface area contributed by atoms with E-state index in [1.54, 1.807) is 6.20 Å². The maximum atomic E-state index is 11.9. The average Bonchev–Trinajstić information content (AvgIpc) is 3.49. The molecule has 0 saturated carbocycles. The Morgan fingerprint density at radius 3 is 2.62 bits per heavy atom. The second-order valence-corrected chi connectivity index (χ2v) is 8.71. The van der Waals surface area contributed by atoms with Crippen molar-refractivity contribution in [2.75, 3.05) is 19.6 Å². The van der Waals surface area contributed by atoms with E-state index in [-0.39, 0.29) is 12.0 Å². The Morgan fingerprint density at radius 2 is 1.91 bits per heavy atom. The highest BCUT2D eigenvalue weighted by atomic mass is 16.5. The van der Waals surface area contributed by atoms with E-state index < -0.39 is 0 Å². The lowest BCUT2D eigenvalue weighted by molar-refractivity contribution is -0.124. The summed E-state index contributed by atoms with van der Waals surface area (Å²) in [6.07, 6.45) is 5.43. The summed E-state index contributed by atoms with van der Waals surface area (Å²) in [7, 11) is 0. The molecule has 2 aliphatic rings. The third-order valence-electron chi connectivity index (χ3n) is 6.53. The number of nitrogens with zero attached hydrogens (tertiary/aromatic N) is 2. The molecule has 0 aliphatic carbocycles. The predicted molar refractivity (Wildman–Crippen MR) is 123 cm³/mol. The van der Waals surface area contributed by atoms with E-state index in [1.807, 2.05) is 49.4 Å². The fraction of sp³-hybridized carbons (Fsp3) is 0.385. The Labute approximate surface area is 188 Å². The number of piperidine rings is 1. The van der Waals surface area contributed by atoms with E-state index in [9.17, 15) is 4.79 Å². The van der Waals surface area contributed by atoms with Crippen molar-refractivity contribution in [1.29, 1.82) is 0 Å². The smallest absolute Gasteiger partial charge is 0.135 e. The number of hydrogen-bond acceptors (Lipinski definition) is 5. The highest BCUT2D eigenvalue weighted by Crippen LogP contribution is 2.35. The van der Waals surface area contributed by atoms with Crippen LogP contribution in [0.5, 0.6) is 17.2 Å². The highest BCUT2D eigenvalue weighted by molar-refractivity contribution is 5.80. The number of ketones is 1. The maximum absolute atomic E-state index is 11.9. The molecule has 1 atom stereocenters. The van der Waals surface area contributed by atoms with E-state index in [1.165, 1.54) is 5.56 Å². The third-order valence-corrected chi connectivity index (χ3v) is 6.53. The van der Waals surface area contributed by atoms with Crippen molar-refractivity contribution in [3.8, 4) is 28.5 Å². The molecule has 0 bridgehead atoms. The summed E-state index contributed by atoms with van der Waals surface area (Å²) < 4.78 is 12.3. The standard InChI is InChI=1S/C26H29N3O3/c1-2-25(30)19-10-13-29(14-11-19)17-23-15-20-5-8-22(16-26(20)32-23)31-21-6-3-18(4-7-21)24-9-12-27-28-24/h3-9,12,16,19,23H,2,10-11,13-15,17H2,1H3,(H,27,28). The monoisotopic (exact) mass is 431 g/mol. The molecule has 6 nitrogen and oxygen atoms in total. The van der Waals surface area contributed by atoms with Crippen LogP contribution < -0.4 is 9.47 Å². The topological polar surface area (TPSA) is 67.5 Å². The number of benzene rings is 2. The Balaban J connectivity index is 1.16. The van der Waals surface area contributed by atoms with E-state index in [0.717, 1.165) is 67.4 Å². The molecular formula is C26H29N3O3. The molecule has 3 heterocycles. The average molecular weight is 432 g/mol. The molecule has 2 aromatic carbocycles. The molecule has 2 aliphatic heterocycles. The van der Waals surface area contributed by atoms with Gasteiger partial charge in [0.2, 0.25) is 0 Å². The van der Waals surface area contributed by atoms with Crippen LogP contribution in [0, 0.1) is 5.92 Å². The lowest BCUT2D eigenvalue weighted by Gasteiger charge is -2.32. The number of aromatic amines is 1. The summed E-state index contributed by atoms with van der Waals surface area (Å²) in [5, 5.41) is 6.96. The summed E-state index contributed by atoms with van der Waals surface area (Å²) in [5.74, 6) is 3.14. The SMILES string of the molecule is CCC(=O)C1CCN(CC2Cc3ccc(Oc4ccc(-c5ccn[nH]5)cc4)cc3O2)CC1. The summed E-state index contributed by atoms with van der Waals surface area (Å²) in [6, 6.07) is 16.0. The third kappa shape index (κ3) is 4.55. The van der Waals surface area contributed by atoms with Crippen LogP contribution in [0.2, 0.25) is 0 Å². The molecule has 1 aromatic heterocycles. The number of carbonyl (C=O) groups is 1. The Bertz CT molecular complexity index is 1050. The molecular weight excluding hydrogens is 402 g/mol. The van der Waals surface area contributed by atoms with E-state index in [2.05, 4.69) is 21.2 Å². The van der Waals surface area contributed by atoms with Gasteiger partial charge in [-0.3, -0.25) is 14.8 Å². The molecule has 0 radical (unpaired) electrons. The zero-order valence-corrected chi connectivity index (χ0v) is 18.4. The van der Waals surface area contributed by atoms with Gasteiger partial charge >= 0.3 is 0 Å². The van der Waals surface area contributed by atoms with Gasteiger partial charge in [0, 0.05) is 37.6 Å². The van der Waals surface area contributed by atoms with Gasteiger partial charge in [0.05, 0.1) is 5.69 Å². The Hall–Kier alpha value is -3.12. The number of rotatable bonds is 7. The first kappa shape index (κ1) is 20.8. The number of ether oxygens (including phenoxy) is 2. The van der Waals surface area contributed by atoms with Crippen molar-refractivity contribution >= 4 is 5.78 Å². The lowest BCUT2D eigenvalue weighted by Crippen LogP contribution is -2.41. The molecule has 1 N–H and O–H groups in total. The minimum Gasteiger partial charge on any atom is -0.488 e. The van der Waals surface area contributed by atoms with Gasteiger partial charge in [0.25, 0.3) is 0 Å². The van der Waals surface area contributed by atoms with Gasteiger partial charge in [0.15, 0.2) is 0 Å². The molecule has 1 fully saturated rings. The van der Waals surface area contributed by atoms with Crippen molar-refractivity contribution in [3.63, 3.8) is 0 Å². The number of fused-ring (bicyclic) bond motifs is 1. The second-order valence-electron chi connectivity index (χ2n) is 8.71. The van der Waals surface area contributed by atoms with Gasteiger partial charge in [-0.15, -0.1) is 0 Å². The molecule has 1 saturated heterocycles. The lowest BCUT2D eigenvalue weighted by atomic mass is 9.91. The van der Waals surface area contributed by atoms with Crippen molar-refractivity contribution in [2.24, 2.45) is 5.92 Å². The normalized spacial score (nSPS) is 18.8. The minimum atomic E-state index is 0.160. The number of nitrogens with one attached hydrogen (secondary N) is 1. The number of hydrogen-bond donors (Lipinski definition) is 1. The Morgan fingerprint density at radius 1 is 1.12 bits per heavy atom. The van der Waals surface area contributed by atoms with Crippen LogP contribution in [-0.2, 0) is 11.2 Å². The number of Topliss-reactive ketones (excluding diaryl/α,β-unsaturated/α-hetero) is 1. The van der Waals surface area contributed by atoms with E-state index in [0.29, 0.717) is 12.2 Å². The van der Waals surface area contributed by atoms with Gasteiger partial charge in [-0.05, 0) is 73.5 Å². The predicted octanol–water partition coefficient (Wildman–Crippen LogP) is 4.86. The van der Waals surface area contributed by atoms with Crippen LogP contribution in [-0.4, -0.2) is 46.6 Å². The fourth-order valence-corrected chi connectivity index (χ4v) is 4.71. The van der Waals surface area contributed by atoms with Gasteiger partial charge in [-0.25, -0.2) is 0 Å². The zero-order chi connectivity index (χ0) is 21.9. The fourth-order valence-electron chi connectivity index (χ4n) is 4.71. The zero-order valence-electron chi connectivity index (χ0n) is 18.4. The van der Waals surface area contributed by atoms with E-state index in [4.69, 9.17) is 9.47 Å². The largest absolute Gasteiger partial charge is 0.488 e. The second kappa shape index (κ2) is 9.17. The van der Waals surface area contributed by atoms with Gasteiger partial charge < -0.3 is 9.47 Å². The van der Waals surface area contributed by atoms with Gasteiger partial charge in [0.1, 0.15) is 29.1 Å². The van der Waals surface area contributed by atoms with Crippen LogP contribution in [0.4, 0.5) is 0 Å². The first-order valence-electron chi connectivity index (χ1n) is 11.5. The summed E-state index contributed by atoms with van der Waals surface area (Å²) in [5.41, 5.74) is 3.28. The number of carbonyl (C=O) groups excluding carboxylic acids is 1. The molecule has 0 spiro atoms. The van der Waals surface area contributed by atoms with Gasteiger partial charge in [-0.2, -0.15) is 5.10 Å². The molecule has 166 valence electrons. The van der Waals surface area contributed by atoms with Crippen LogP contribution in [0.1, 0.15) is 31.7 Å². The van der Waals surface area contributed by atoms with Crippen LogP contribution in [0.3, 0.4) is 0 Å². The van der Waals surface area contributed by atoms with Crippen molar-refractivity contribution in [1.82, 2.24) is 15.1 Å². The molecule has 3 aromatic rings. The van der Waals surface area contributed by atoms with E-state index >= 15 is 0 Å². The summed E-state index contributed by atoms with van der Waals surface area (Å²) >= 11 is 0. The van der Waals surface area contributed by atoms with Crippen LogP contribution in [0.25, 0.3) is 11.3 Å². The quantitative estimate of drug-likeness (QED) is 0.578. The number of likely N-dealkylation sites (tertiary alicyclic amines) is 1. The maximum Gasteiger partial charge on any atom is 0.135 e. The van der Waals surface area contributed by atoms with Crippen molar-refractivity contribution in [3.05, 3.63) is 60.3 Å². The Kier molecular flexibility index (Phi) is 5.95. The summed E-state index contributed by atoms with van der Waals surface area (Å²) in [4.78, 5) is 14.4. The minimum absolute atomic E-state index is 0.160. The molecule has 6 heteroatoms. The molecule has 1 unspecified atom stereocenters. The first-order valence-corrected chi connectivity index (χ1v) is 11.5. The van der Waals surface area contributed by atoms with Crippen LogP contribution in [0.15, 0.2) is 54.7 Å². The van der Waals surface area contributed by atoms with Crippen molar-refractivity contribution < 1.29 is 14.3 Å². The van der Waals surface area contributed by atoms with Crippen LogP contribution >= 0.6 is 0 Å². The highest BCUT2D eigenvalue weighted by Gasteiger charge is 2.29. The first-order chi connectivity index (χ1) is 15.7. The molecule has 0 amide bonds. The molecule has 32 heavy (non-hydrogen) atoms. The van der Waals surface area contributed by atoms with Gasteiger partial charge in [-0.1, -0.05) is 13.0 Å². The summed E-state index contributed by atoms with van der Waals surface area (Å²) in [6.45, 7) is 4.84.